The van der Waals surface area contributed by atoms with Gasteiger partial charge in [0.05, 0.1) is 11.8 Å². The van der Waals surface area contributed by atoms with E-state index in [0.717, 1.165) is 44.5 Å². The van der Waals surface area contributed by atoms with E-state index in [0.29, 0.717) is 29.9 Å². The van der Waals surface area contributed by atoms with Crippen LogP contribution >= 0.6 is 0 Å². The van der Waals surface area contributed by atoms with Crippen LogP contribution in [0.2, 0.25) is 0 Å². The van der Waals surface area contributed by atoms with Crippen molar-refractivity contribution < 1.29 is 18.7 Å². The van der Waals surface area contributed by atoms with Crippen LogP contribution in [0.4, 0.5) is 0 Å². The summed E-state index contributed by atoms with van der Waals surface area (Å²) < 4.78 is 10.9. The van der Waals surface area contributed by atoms with Crippen LogP contribution in [0.15, 0.2) is 41.0 Å². The molecule has 2 aromatic rings. The average Bonchev–Trinajstić information content (AvgIpc) is 3.21. The Labute approximate surface area is 178 Å². The fourth-order valence-electron chi connectivity index (χ4n) is 3.02. The van der Waals surface area contributed by atoms with E-state index in [2.05, 4.69) is 17.8 Å². The van der Waals surface area contributed by atoms with Gasteiger partial charge in [0, 0.05) is 31.7 Å². The number of furan rings is 1. The quantitative estimate of drug-likeness (QED) is 0.304. The van der Waals surface area contributed by atoms with E-state index >= 15 is 0 Å². The number of hydrogen-bond acceptors (Lipinski definition) is 5. The third-order valence-corrected chi connectivity index (χ3v) is 4.78. The molecule has 0 fully saturated rings. The van der Waals surface area contributed by atoms with E-state index in [9.17, 15) is 9.59 Å². The van der Waals surface area contributed by atoms with Crippen molar-refractivity contribution >= 4 is 11.8 Å². The summed E-state index contributed by atoms with van der Waals surface area (Å²) in [4.78, 5) is 23.6. The fourth-order valence-corrected chi connectivity index (χ4v) is 3.02. The van der Waals surface area contributed by atoms with Crippen LogP contribution in [0, 0.1) is 0 Å². The number of carbonyl (C=O) groups is 2. The molecule has 7 nitrogen and oxygen atoms in total. The summed E-state index contributed by atoms with van der Waals surface area (Å²) in [5, 5.41) is 0. The van der Waals surface area contributed by atoms with Gasteiger partial charge in [-0.05, 0) is 49.4 Å². The molecule has 0 unspecified atom stereocenters. The van der Waals surface area contributed by atoms with Gasteiger partial charge in [-0.15, -0.1) is 0 Å². The molecular formula is C23H33N3O4. The number of nitrogens with two attached hydrogens (primary N) is 1. The maximum Gasteiger partial charge on any atom is 0.265 e. The number of rotatable bonds is 15. The van der Waals surface area contributed by atoms with Crippen molar-refractivity contribution in [2.75, 3.05) is 19.8 Å². The van der Waals surface area contributed by atoms with E-state index in [-0.39, 0.29) is 5.91 Å². The zero-order chi connectivity index (χ0) is 21.6. The van der Waals surface area contributed by atoms with Gasteiger partial charge in [0.2, 0.25) is 0 Å². The number of hydrazine groups is 1. The third-order valence-electron chi connectivity index (χ3n) is 4.78. The average molecular weight is 416 g/mol. The normalized spacial score (nSPS) is 10.8. The Hall–Kier alpha value is -2.64. The molecule has 0 bridgehead atoms. The first-order valence-electron chi connectivity index (χ1n) is 10.7. The minimum atomic E-state index is -0.514. The Kier molecular flexibility index (Phi) is 10.7. The number of primary amides is 1. The summed E-state index contributed by atoms with van der Waals surface area (Å²) >= 11 is 0. The molecule has 0 radical (unpaired) electrons. The first-order chi connectivity index (χ1) is 14.6. The van der Waals surface area contributed by atoms with Gasteiger partial charge in [0.15, 0.2) is 0 Å². The topological polar surface area (TPSA) is 107 Å². The zero-order valence-electron chi connectivity index (χ0n) is 17.7. The van der Waals surface area contributed by atoms with Crippen LogP contribution in [0.1, 0.15) is 77.5 Å². The Morgan fingerprint density at radius 3 is 2.43 bits per heavy atom. The molecule has 4 N–H and O–H groups in total. The predicted molar refractivity (Wildman–Crippen MR) is 116 cm³/mol. The van der Waals surface area contributed by atoms with Crippen molar-refractivity contribution in [1.82, 2.24) is 10.9 Å². The molecule has 0 saturated carbocycles. The maximum absolute atomic E-state index is 12.2. The van der Waals surface area contributed by atoms with E-state index in [1.165, 1.54) is 19.1 Å². The SMILES string of the molecule is CCCCCOCCCCCNNC(=O)c1ccc(Cc2occc2C(N)=O)cc1. The Morgan fingerprint density at radius 1 is 1.00 bits per heavy atom. The molecule has 1 aromatic carbocycles. The van der Waals surface area contributed by atoms with Crippen molar-refractivity contribution in [3.63, 3.8) is 0 Å². The molecule has 1 aromatic heterocycles. The van der Waals surface area contributed by atoms with E-state index in [1.54, 1.807) is 18.2 Å². The highest BCUT2D eigenvalue weighted by Gasteiger charge is 2.12. The smallest absolute Gasteiger partial charge is 0.265 e. The first kappa shape index (κ1) is 23.6. The highest BCUT2D eigenvalue weighted by molar-refractivity contribution is 5.94. The molecule has 2 rings (SSSR count). The van der Waals surface area contributed by atoms with Gasteiger partial charge in [-0.1, -0.05) is 31.9 Å². The van der Waals surface area contributed by atoms with Gasteiger partial charge in [0.1, 0.15) is 5.76 Å². The van der Waals surface area contributed by atoms with Crippen LogP contribution in [-0.2, 0) is 11.2 Å². The molecule has 0 aliphatic rings. The number of ether oxygens (including phenoxy) is 1. The number of carbonyl (C=O) groups excluding carboxylic acids is 2. The molecule has 164 valence electrons. The number of amides is 2. The summed E-state index contributed by atoms with van der Waals surface area (Å²) in [5.74, 6) is -0.176. The van der Waals surface area contributed by atoms with E-state index < -0.39 is 5.91 Å². The minimum Gasteiger partial charge on any atom is -0.468 e. The molecule has 30 heavy (non-hydrogen) atoms. The van der Waals surface area contributed by atoms with Gasteiger partial charge in [-0.25, -0.2) is 5.43 Å². The van der Waals surface area contributed by atoms with Gasteiger partial charge in [-0.3, -0.25) is 15.0 Å². The molecule has 0 saturated heterocycles. The number of unbranched alkanes of at least 4 members (excludes halogenated alkanes) is 4. The zero-order valence-corrected chi connectivity index (χ0v) is 17.7. The molecule has 0 atom stereocenters. The summed E-state index contributed by atoms with van der Waals surface area (Å²) in [6.07, 6.45) is 8.55. The highest BCUT2D eigenvalue weighted by atomic mass is 16.5. The van der Waals surface area contributed by atoms with Crippen molar-refractivity contribution in [1.29, 1.82) is 0 Å². The van der Waals surface area contributed by atoms with Crippen molar-refractivity contribution in [3.8, 4) is 0 Å². The Balaban J connectivity index is 1.61. The van der Waals surface area contributed by atoms with Crippen molar-refractivity contribution in [2.45, 2.75) is 51.9 Å². The fraction of sp³-hybridized carbons (Fsp3) is 0.478. The molecule has 1 heterocycles. The molecule has 0 aliphatic heterocycles. The lowest BCUT2D eigenvalue weighted by Gasteiger charge is -2.08. The lowest BCUT2D eigenvalue weighted by molar-refractivity contribution is 0.0931. The van der Waals surface area contributed by atoms with Crippen LogP contribution in [0.5, 0.6) is 0 Å². The lowest BCUT2D eigenvalue weighted by atomic mass is 10.1. The number of hydrogen-bond donors (Lipinski definition) is 3. The van der Waals surface area contributed by atoms with Gasteiger partial charge in [0.25, 0.3) is 11.8 Å². The van der Waals surface area contributed by atoms with Crippen molar-refractivity contribution in [3.05, 3.63) is 59.0 Å². The van der Waals surface area contributed by atoms with E-state index in [4.69, 9.17) is 14.9 Å². The maximum atomic E-state index is 12.2. The first-order valence-corrected chi connectivity index (χ1v) is 10.7. The Morgan fingerprint density at radius 2 is 1.73 bits per heavy atom. The largest absolute Gasteiger partial charge is 0.468 e. The number of nitrogens with one attached hydrogen (secondary N) is 2. The van der Waals surface area contributed by atoms with Crippen LogP contribution in [-0.4, -0.2) is 31.6 Å². The molecular weight excluding hydrogens is 382 g/mol. The minimum absolute atomic E-state index is 0.184. The number of benzene rings is 1. The van der Waals surface area contributed by atoms with Crippen LogP contribution < -0.4 is 16.6 Å². The summed E-state index contributed by atoms with van der Waals surface area (Å²) in [5.41, 5.74) is 12.9. The Bertz CT molecular complexity index is 771. The molecule has 0 aliphatic carbocycles. The second-order valence-corrected chi connectivity index (χ2v) is 7.26. The van der Waals surface area contributed by atoms with Crippen LogP contribution in [0.3, 0.4) is 0 Å². The molecule has 0 spiro atoms. The van der Waals surface area contributed by atoms with Gasteiger partial charge in [-0.2, -0.15) is 0 Å². The second kappa shape index (κ2) is 13.6. The van der Waals surface area contributed by atoms with Gasteiger partial charge >= 0.3 is 0 Å². The summed E-state index contributed by atoms with van der Waals surface area (Å²) in [6, 6.07) is 8.72. The predicted octanol–water partition coefficient (Wildman–Crippen LogP) is 3.58. The summed E-state index contributed by atoms with van der Waals surface area (Å²) in [6.45, 7) is 4.57. The van der Waals surface area contributed by atoms with Crippen LogP contribution in [0.25, 0.3) is 0 Å². The molecule has 7 heteroatoms. The standard InChI is InChI=1S/C23H33N3O4/c1-2-3-6-14-29-15-7-4-5-13-25-26-23(28)19-10-8-18(9-11-19)17-21-20(22(24)27)12-16-30-21/h8-12,16,25H,2-7,13-15,17H2,1H3,(H2,24,27)(H,26,28). The van der Waals surface area contributed by atoms with Gasteiger partial charge < -0.3 is 14.9 Å². The lowest BCUT2D eigenvalue weighted by Crippen LogP contribution is -2.37. The third kappa shape index (κ3) is 8.39. The van der Waals surface area contributed by atoms with E-state index in [1.807, 2.05) is 12.1 Å². The molecule has 2 amide bonds. The summed E-state index contributed by atoms with van der Waals surface area (Å²) in [7, 11) is 0. The highest BCUT2D eigenvalue weighted by Crippen LogP contribution is 2.16. The van der Waals surface area contributed by atoms with Crippen molar-refractivity contribution in [2.24, 2.45) is 5.73 Å². The second-order valence-electron chi connectivity index (χ2n) is 7.26. The monoisotopic (exact) mass is 415 g/mol.